The summed E-state index contributed by atoms with van der Waals surface area (Å²) in [7, 11) is 3.74. The molecular formula is C26H22N4O2. The number of aldehydes is 1. The maximum Gasteiger partial charge on any atom is 0.158 e. The first-order chi connectivity index (χ1) is 15.6. The Labute approximate surface area is 186 Å². The third kappa shape index (κ3) is 2.81. The summed E-state index contributed by atoms with van der Waals surface area (Å²) in [5, 5.41) is 12.4. The number of fused-ring (bicyclic) bond motifs is 2. The third-order valence-corrected chi connectivity index (χ3v) is 6.05. The van der Waals surface area contributed by atoms with Gasteiger partial charge in [0, 0.05) is 37.6 Å². The summed E-state index contributed by atoms with van der Waals surface area (Å²) < 4.78 is 0. The van der Waals surface area contributed by atoms with E-state index in [0.717, 1.165) is 17.4 Å². The number of pyridine rings is 2. The van der Waals surface area contributed by atoms with E-state index in [1.165, 1.54) is 0 Å². The van der Waals surface area contributed by atoms with Crippen LogP contribution >= 0.6 is 0 Å². The number of hydrogen-bond donors (Lipinski definition) is 1. The van der Waals surface area contributed by atoms with Crippen molar-refractivity contribution in [1.82, 2.24) is 9.97 Å². The Morgan fingerprint density at radius 3 is 1.84 bits per heavy atom. The Kier molecular flexibility index (Phi) is 4.72. The molecule has 32 heavy (non-hydrogen) atoms. The zero-order valence-corrected chi connectivity index (χ0v) is 17.8. The number of aliphatic hydroxyl groups is 1. The predicted molar refractivity (Wildman–Crippen MR) is 125 cm³/mol. The molecule has 6 nitrogen and oxygen atoms in total. The van der Waals surface area contributed by atoms with Gasteiger partial charge in [0.2, 0.25) is 0 Å². The molecular weight excluding hydrogens is 400 g/mol. The Morgan fingerprint density at radius 2 is 1.28 bits per heavy atom. The van der Waals surface area contributed by atoms with E-state index in [1.807, 2.05) is 90.6 Å². The molecule has 0 saturated heterocycles. The molecule has 0 amide bonds. The quantitative estimate of drug-likeness (QED) is 0.491. The van der Waals surface area contributed by atoms with Crippen LogP contribution in [0.5, 0.6) is 0 Å². The lowest BCUT2D eigenvalue weighted by Crippen LogP contribution is -2.34. The predicted octanol–water partition coefficient (Wildman–Crippen LogP) is 4.42. The first-order valence-corrected chi connectivity index (χ1v) is 10.3. The molecule has 2 aromatic carbocycles. The lowest BCUT2D eigenvalue weighted by Gasteiger charge is -2.40. The molecule has 0 bridgehead atoms. The Balaban J connectivity index is 1.83. The first kappa shape index (κ1) is 19.9. The van der Waals surface area contributed by atoms with E-state index < -0.39 is 5.60 Å². The van der Waals surface area contributed by atoms with Crippen molar-refractivity contribution >= 4 is 29.3 Å². The second-order valence-corrected chi connectivity index (χ2v) is 7.78. The molecule has 2 aromatic heterocycles. The number of benzene rings is 2. The maximum absolute atomic E-state index is 12.4. The molecule has 5 rings (SSSR count). The molecule has 4 aromatic rings. The highest BCUT2D eigenvalue weighted by Gasteiger charge is 2.40. The Morgan fingerprint density at radius 1 is 0.750 bits per heavy atom. The molecule has 1 aliphatic heterocycles. The minimum absolute atomic E-state index is 0.521. The van der Waals surface area contributed by atoms with Gasteiger partial charge < -0.3 is 14.9 Å². The van der Waals surface area contributed by atoms with Crippen molar-refractivity contribution in [3.63, 3.8) is 0 Å². The van der Waals surface area contributed by atoms with Crippen LogP contribution in [-0.2, 0) is 5.60 Å². The smallest absolute Gasteiger partial charge is 0.158 e. The Hall–Kier alpha value is -4.03. The number of carbonyl (C=O) groups is 1. The summed E-state index contributed by atoms with van der Waals surface area (Å²) in [6, 6.07) is 22.7. The van der Waals surface area contributed by atoms with Gasteiger partial charge in [0.15, 0.2) is 17.9 Å². The highest BCUT2D eigenvalue weighted by atomic mass is 16.3. The maximum atomic E-state index is 12.4. The molecule has 3 heterocycles. The molecule has 1 aliphatic rings. The van der Waals surface area contributed by atoms with Crippen LogP contribution in [0, 0.1) is 0 Å². The van der Waals surface area contributed by atoms with E-state index in [9.17, 15) is 9.90 Å². The van der Waals surface area contributed by atoms with E-state index in [1.54, 1.807) is 18.5 Å². The van der Waals surface area contributed by atoms with E-state index >= 15 is 0 Å². The van der Waals surface area contributed by atoms with Crippen molar-refractivity contribution in [1.29, 1.82) is 0 Å². The summed E-state index contributed by atoms with van der Waals surface area (Å²) in [4.78, 5) is 24.7. The van der Waals surface area contributed by atoms with Crippen LogP contribution in [0.25, 0.3) is 0 Å². The fourth-order valence-electron chi connectivity index (χ4n) is 4.50. The first-order valence-electron chi connectivity index (χ1n) is 10.3. The molecule has 0 atom stereocenters. The van der Waals surface area contributed by atoms with Crippen LogP contribution in [0.3, 0.4) is 0 Å². The standard InChI is InChI=1S/C26H22N4O2/c1-29-22-18(17-31)13-15-27-24(22)30(2)25-23(29)21(14-16-28-25)26(32,19-9-5-3-6-10-19)20-11-7-4-8-12-20/h3-17,32H,1-2H3. The number of anilines is 4. The molecule has 0 spiro atoms. The van der Waals surface area contributed by atoms with Gasteiger partial charge in [0.25, 0.3) is 0 Å². The van der Waals surface area contributed by atoms with E-state index in [2.05, 4.69) is 9.97 Å². The van der Waals surface area contributed by atoms with E-state index in [0.29, 0.717) is 34.1 Å². The highest BCUT2D eigenvalue weighted by molar-refractivity contribution is 5.99. The van der Waals surface area contributed by atoms with Crippen molar-refractivity contribution in [2.45, 2.75) is 5.60 Å². The van der Waals surface area contributed by atoms with Crippen molar-refractivity contribution < 1.29 is 9.90 Å². The summed E-state index contributed by atoms with van der Waals surface area (Å²) in [5.74, 6) is 1.29. The number of carbonyl (C=O) groups excluding carboxylic acids is 1. The molecule has 158 valence electrons. The van der Waals surface area contributed by atoms with Crippen molar-refractivity contribution in [3.8, 4) is 0 Å². The fourth-order valence-corrected chi connectivity index (χ4v) is 4.50. The average Bonchev–Trinajstić information content (AvgIpc) is 2.87. The van der Waals surface area contributed by atoms with E-state index in [-0.39, 0.29) is 0 Å². The average molecular weight is 422 g/mol. The molecule has 0 aliphatic carbocycles. The van der Waals surface area contributed by atoms with Crippen LogP contribution < -0.4 is 9.80 Å². The van der Waals surface area contributed by atoms with Gasteiger partial charge in [-0.3, -0.25) is 4.79 Å². The van der Waals surface area contributed by atoms with Gasteiger partial charge in [0.1, 0.15) is 5.60 Å². The molecule has 1 N–H and O–H groups in total. The molecule has 6 heteroatoms. The minimum Gasteiger partial charge on any atom is -0.376 e. The van der Waals surface area contributed by atoms with Gasteiger partial charge in [-0.15, -0.1) is 0 Å². The van der Waals surface area contributed by atoms with Gasteiger partial charge in [-0.1, -0.05) is 60.7 Å². The van der Waals surface area contributed by atoms with Crippen molar-refractivity contribution in [3.05, 3.63) is 107 Å². The molecule has 0 saturated carbocycles. The van der Waals surface area contributed by atoms with Gasteiger partial charge >= 0.3 is 0 Å². The topological polar surface area (TPSA) is 69.6 Å². The fraction of sp³-hybridized carbons (Fsp3) is 0.115. The zero-order chi connectivity index (χ0) is 22.3. The third-order valence-electron chi connectivity index (χ3n) is 6.05. The number of nitrogens with zero attached hydrogens (tertiary/aromatic N) is 4. The van der Waals surface area contributed by atoms with Crippen LogP contribution in [0.4, 0.5) is 23.0 Å². The SMILES string of the molecule is CN1c2nccc(C=O)c2N(C)c2c(C(O)(c3ccccc3)c3ccccc3)ccnc21. The van der Waals surface area contributed by atoms with Crippen molar-refractivity contribution in [2.24, 2.45) is 0 Å². The second-order valence-electron chi connectivity index (χ2n) is 7.78. The summed E-state index contributed by atoms with van der Waals surface area (Å²) in [5.41, 5.74) is 2.62. The van der Waals surface area contributed by atoms with Gasteiger partial charge in [-0.25, -0.2) is 9.97 Å². The number of aromatic nitrogens is 2. The zero-order valence-electron chi connectivity index (χ0n) is 17.8. The highest BCUT2D eigenvalue weighted by Crippen LogP contribution is 2.51. The molecule has 0 radical (unpaired) electrons. The van der Waals surface area contributed by atoms with Crippen molar-refractivity contribution in [2.75, 3.05) is 23.9 Å². The van der Waals surface area contributed by atoms with Gasteiger partial charge in [-0.2, -0.15) is 0 Å². The molecule has 0 fully saturated rings. The van der Waals surface area contributed by atoms with E-state index in [4.69, 9.17) is 0 Å². The number of rotatable bonds is 4. The summed E-state index contributed by atoms with van der Waals surface area (Å²) in [6.07, 6.45) is 4.14. The van der Waals surface area contributed by atoms with Gasteiger partial charge in [-0.05, 0) is 23.3 Å². The molecule has 0 unspecified atom stereocenters. The Bertz CT molecular complexity index is 1250. The monoisotopic (exact) mass is 422 g/mol. The van der Waals surface area contributed by atoms with Crippen LogP contribution in [0.15, 0.2) is 85.2 Å². The summed E-state index contributed by atoms with van der Waals surface area (Å²) in [6.45, 7) is 0. The van der Waals surface area contributed by atoms with Crippen LogP contribution in [-0.4, -0.2) is 35.5 Å². The normalized spacial score (nSPS) is 12.8. The summed E-state index contributed by atoms with van der Waals surface area (Å²) >= 11 is 0. The minimum atomic E-state index is -1.44. The largest absolute Gasteiger partial charge is 0.376 e. The van der Waals surface area contributed by atoms with Crippen LogP contribution in [0.2, 0.25) is 0 Å². The number of hydrogen-bond acceptors (Lipinski definition) is 6. The van der Waals surface area contributed by atoms with Gasteiger partial charge in [0.05, 0.1) is 11.4 Å². The van der Waals surface area contributed by atoms with Crippen LogP contribution in [0.1, 0.15) is 27.0 Å². The lowest BCUT2D eigenvalue weighted by atomic mass is 9.79. The second kappa shape index (κ2) is 7.59. The lowest BCUT2D eigenvalue weighted by molar-refractivity contribution is 0.112.